The van der Waals surface area contributed by atoms with Crippen molar-refractivity contribution in [2.75, 3.05) is 17.2 Å². The van der Waals surface area contributed by atoms with Gasteiger partial charge in [-0.3, -0.25) is 4.79 Å². The van der Waals surface area contributed by atoms with Crippen LogP contribution in [0.3, 0.4) is 0 Å². The third-order valence-corrected chi connectivity index (χ3v) is 6.67. The zero-order valence-corrected chi connectivity index (χ0v) is 19.7. The molecule has 3 amide bonds. The monoisotopic (exact) mass is 483 g/mol. The van der Waals surface area contributed by atoms with Crippen molar-refractivity contribution >= 4 is 29.5 Å². The van der Waals surface area contributed by atoms with E-state index in [0.717, 1.165) is 24.0 Å². The lowest BCUT2D eigenvalue weighted by molar-refractivity contribution is -0.138. The van der Waals surface area contributed by atoms with Crippen LogP contribution in [0.5, 0.6) is 0 Å². The quantitative estimate of drug-likeness (QED) is 0.534. The molecule has 8 nitrogen and oxygen atoms in total. The number of carbonyl (C=O) groups excluding carboxylic acids is 2. The molecule has 0 unspecified atom stereocenters. The predicted molar refractivity (Wildman–Crippen MR) is 129 cm³/mol. The van der Waals surface area contributed by atoms with Crippen molar-refractivity contribution in [3.8, 4) is 0 Å². The number of benzene rings is 2. The number of aryl methyl sites for hydroxylation is 1. The van der Waals surface area contributed by atoms with E-state index < -0.39 is 12.0 Å². The average molecular weight is 484 g/mol. The SMILES string of the molecule is Cc1cc(NC(=O)Nc2ccc3c(c2)CCN(C(=O)OC2CCC(CC(=O)O)CC2)C3)ccc1F. The summed E-state index contributed by atoms with van der Waals surface area (Å²) in [6.45, 7) is 2.59. The number of anilines is 2. The van der Waals surface area contributed by atoms with Gasteiger partial charge in [0.2, 0.25) is 0 Å². The third kappa shape index (κ3) is 6.49. The third-order valence-electron chi connectivity index (χ3n) is 6.67. The minimum Gasteiger partial charge on any atom is -0.481 e. The molecule has 0 bridgehead atoms. The Hall–Kier alpha value is -3.62. The molecule has 2 aromatic rings. The van der Waals surface area contributed by atoms with Crippen molar-refractivity contribution in [2.45, 2.75) is 58.1 Å². The molecule has 9 heteroatoms. The van der Waals surface area contributed by atoms with Crippen LogP contribution < -0.4 is 10.6 Å². The van der Waals surface area contributed by atoms with Crippen LogP contribution >= 0.6 is 0 Å². The van der Waals surface area contributed by atoms with Crippen LogP contribution in [-0.2, 0) is 22.5 Å². The Bertz CT molecular complexity index is 1110. The molecule has 3 N–H and O–H groups in total. The highest BCUT2D eigenvalue weighted by Crippen LogP contribution is 2.30. The molecule has 1 aliphatic heterocycles. The van der Waals surface area contributed by atoms with E-state index in [-0.39, 0.29) is 30.4 Å². The van der Waals surface area contributed by atoms with Crippen LogP contribution in [0.2, 0.25) is 0 Å². The van der Waals surface area contributed by atoms with Gasteiger partial charge in [0.1, 0.15) is 11.9 Å². The number of halogens is 1. The number of hydrogen-bond acceptors (Lipinski definition) is 4. The second-order valence-electron chi connectivity index (χ2n) is 9.32. The van der Waals surface area contributed by atoms with Crippen LogP contribution in [0.4, 0.5) is 25.4 Å². The minimum atomic E-state index is -0.778. The fraction of sp³-hybridized carbons (Fsp3) is 0.423. The summed E-state index contributed by atoms with van der Waals surface area (Å²) in [4.78, 5) is 37.6. The number of ether oxygens (including phenoxy) is 1. The highest BCUT2D eigenvalue weighted by Gasteiger charge is 2.28. The maximum atomic E-state index is 13.4. The molecule has 0 spiro atoms. The van der Waals surface area contributed by atoms with Gasteiger partial charge in [-0.25, -0.2) is 14.0 Å². The summed E-state index contributed by atoms with van der Waals surface area (Å²) >= 11 is 0. The van der Waals surface area contributed by atoms with Gasteiger partial charge in [0.25, 0.3) is 0 Å². The Morgan fingerprint density at radius 2 is 1.71 bits per heavy atom. The largest absolute Gasteiger partial charge is 0.481 e. The number of nitrogens with zero attached hydrogens (tertiary/aromatic N) is 1. The van der Waals surface area contributed by atoms with Gasteiger partial charge >= 0.3 is 18.1 Å². The molecule has 1 aliphatic carbocycles. The van der Waals surface area contributed by atoms with E-state index in [1.165, 1.54) is 12.1 Å². The molecule has 0 saturated heterocycles. The first kappa shape index (κ1) is 24.5. The maximum absolute atomic E-state index is 13.4. The van der Waals surface area contributed by atoms with Crippen molar-refractivity contribution in [3.63, 3.8) is 0 Å². The molecular formula is C26H30FN3O5. The van der Waals surface area contributed by atoms with Gasteiger partial charge in [0.15, 0.2) is 0 Å². The first-order valence-electron chi connectivity index (χ1n) is 11.9. The summed E-state index contributed by atoms with van der Waals surface area (Å²) in [6.07, 6.45) is 3.23. The Balaban J connectivity index is 1.27. The van der Waals surface area contributed by atoms with Crippen LogP contribution in [-0.4, -0.2) is 40.7 Å². The van der Waals surface area contributed by atoms with E-state index in [1.807, 2.05) is 12.1 Å². The van der Waals surface area contributed by atoms with Gasteiger partial charge in [-0.2, -0.15) is 0 Å². The van der Waals surface area contributed by atoms with Crippen molar-refractivity contribution in [1.29, 1.82) is 0 Å². The normalized spacial score (nSPS) is 19.4. The molecule has 1 heterocycles. The Morgan fingerprint density at radius 1 is 1.03 bits per heavy atom. The number of rotatable bonds is 5. The number of nitrogens with one attached hydrogen (secondary N) is 2. The van der Waals surface area contributed by atoms with E-state index in [1.54, 1.807) is 24.0 Å². The number of carboxylic acid groups (broad SMARTS) is 1. The lowest BCUT2D eigenvalue weighted by Gasteiger charge is -2.32. The van der Waals surface area contributed by atoms with Crippen molar-refractivity contribution in [3.05, 3.63) is 58.9 Å². The molecular weight excluding hydrogens is 453 g/mol. The van der Waals surface area contributed by atoms with Gasteiger partial charge in [-0.05, 0) is 92.0 Å². The molecule has 0 radical (unpaired) electrons. The van der Waals surface area contributed by atoms with Crippen LogP contribution in [0, 0.1) is 18.7 Å². The molecule has 2 aliphatic rings. The van der Waals surface area contributed by atoms with Crippen LogP contribution in [0.25, 0.3) is 0 Å². The predicted octanol–water partition coefficient (Wildman–Crippen LogP) is 5.31. The number of carboxylic acids is 1. The summed E-state index contributed by atoms with van der Waals surface area (Å²) in [5, 5.41) is 14.4. The highest BCUT2D eigenvalue weighted by molar-refractivity contribution is 5.99. The number of urea groups is 1. The molecule has 0 atom stereocenters. The molecule has 1 fully saturated rings. The lowest BCUT2D eigenvalue weighted by atomic mass is 9.85. The summed E-state index contributed by atoms with van der Waals surface area (Å²) in [7, 11) is 0. The first-order chi connectivity index (χ1) is 16.8. The van der Waals surface area contributed by atoms with Gasteiger partial charge in [0, 0.05) is 30.9 Å². The average Bonchev–Trinajstić information content (AvgIpc) is 2.82. The molecule has 0 aromatic heterocycles. The summed E-state index contributed by atoms with van der Waals surface area (Å²) < 4.78 is 19.1. The van der Waals surface area contributed by atoms with Gasteiger partial charge in [-0.15, -0.1) is 0 Å². The zero-order valence-electron chi connectivity index (χ0n) is 19.7. The number of hydrogen-bond donors (Lipinski definition) is 3. The van der Waals surface area contributed by atoms with Crippen molar-refractivity contribution in [1.82, 2.24) is 4.90 Å². The summed E-state index contributed by atoms with van der Waals surface area (Å²) in [5.41, 5.74) is 3.64. The number of aliphatic carboxylic acids is 1. The van der Waals surface area contributed by atoms with Gasteiger partial charge < -0.3 is 25.4 Å². The maximum Gasteiger partial charge on any atom is 0.410 e. The standard InChI is InChI=1S/C26H30FN3O5/c1-16-12-20(6-9-23(16)27)28-25(33)29-21-5-4-19-15-30(11-10-18(19)14-21)26(34)35-22-7-2-17(3-8-22)13-24(31)32/h4-6,9,12,14,17,22H,2-3,7-8,10-11,13,15H2,1H3,(H,31,32)(H2,28,29,33). The summed E-state index contributed by atoms with van der Waals surface area (Å²) in [6, 6.07) is 9.54. The van der Waals surface area contributed by atoms with Crippen molar-refractivity contribution < 1.29 is 28.6 Å². The summed E-state index contributed by atoms with van der Waals surface area (Å²) in [5.74, 6) is -0.944. The highest BCUT2D eigenvalue weighted by atomic mass is 19.1. The smallest absolute Gasteiger partial charge is 0.410 e. The van der Waals surface area contributed by atoms with Gasteiger partial charge in [-0.1, -0.05) is 6.07 Å². The lowest BCUT2D eigenvalue weighted by Crippen LogP contribution is -2.39. The van der Waals surface area contributed by atoms with E-state index >= 15 is 0 Å². The van der Waals surface area contributed by atoms with Crippen molar-refractivity contribution in [2.24, 2.45) is 5.92 Å². The molecule has 186 valence electrons. The topological polar surface area (TPSA) is 108 Å². The Labute approximate surface area is 203 Å². The van der Waals surface area contributed by atoms with E-state index in [9.17, 15) is 18.8 Å². The fourth-order valence-corrected chi connectivity index (χ4v) is 4.72. The first-order valence-corrected chi connectivity index (χ1v) is 11.9. The van der Waals surface area contributed by atoms with E-state index in [0.29, 0.717) is 49.3 Å². The second-order valence-corrected chi connectivity index (χ2v) is 9.32. The number of amides is 3. The minimum absolute atomic E-state index is 0.161. The molecule has 2 aromatic carbocycles. The van der Waals surface area contributed by atoms with Crippen LogP contribution in [0.15, 0.2) is 36.4 Å². The molecule has 4 rings (SSSR count). The second kappa shape index (κ2) is 10.8. The Kier molecular flexibility index (Phi) is 7.53. The number of fused-ring (bicyclic) bond motifs is 1. The number of carbonyl (C=O) groups is 3. The van der Waals surface area contributed by atoms with Crippen LogP contribution in [0.1, 0.15) is 48.8 Å². The Morgan fingerprint density at radius 3 is 2.40 bits per heavy atom. The van der Waals surface area contributed by atoms with E-state index in [4.69, 9.17) is 9.84 Å². The zero-order chi connectivity index (χ0) is 24.9. The molecule has 1 saturated carbocycles. The van der Waals surface area contributed by atoms with E-state index in [2.05, 4.69) is 10.6 Å². The fourth-order valence-electron chi connectivity index (χ4n) is 4.72. The molecule has 35 heavy (non-hydrogen) atoms. The van der Waals surface area contributed by atoms with Gasteiger partial charge in [0.05, 0.1) is 0 Å².